The van der Waals surface area contributed by atoms with Crippen LogP contribution in [0.3, 0.4) is 0 Å². The van der Waals surface area contributed by atoms with Gasteiger partial charge >= 0.3 is 0 Å². The molecular formula is C17H11ClF2N6. The predicted octanol–water partition coefficient (Wildman–Crippen LogP) is 4.19. The SMILES string of the molecule is Cc1nccc(Nc2ncc(F)c3nn(-c4c(F)cccc4Cl)cc23)n1. The van der Waals surface area contributed by atoms with E-state index in [4.69, 9.17) is 11.6 Å². The van der Waals surface area contributed by atoms with Gasteiger partial charge in [0.25, 0.3) is 0 Å². The van der Waals surface area contributed by atoms with Gasteiger partial charge in [0.15, 0.2) is 5.82 Å². The van der Waals surface area contributed by atoms with E-state index in [0.29, 0.717) is 22.8 Å². The quantitative estimate of drug-likeness (QED) is 0.584. The maximum Gasteiger partial charge on any atom is 0.169 e. The molecule has 0 atom stereocenters. The number of aromatic nitrogens is 5. The van der Waals surface area contributed by atoms with Crippen molar-refractivity contribution in [3.05, 3.63) is 65.3 Å². The van der Waals surface area contributed by atoms with Crippen molar-refractivity contribution in [2.24, 2.45) is 0 Å². The zero-order chi connectivity index (χ0) is 18.3. The van der Waals surface area contributed by atoms with Crippen LogP contribution < -0.4 is 5.32 Å². The number of halogens is 3. The van der Waals surface area contributed by atoms with Crippen LogP contribution in [0.4, 0.5) is 20.4 Å². The van der Waals surface area contributed by atoms with Crippen LogP contribution >= 0.6 is 11.6 Å². The van der Waals surface area contributed by atoms with E-state index in [2.05, 4.69) is 25.4 Å². The second-order valence-electron chi connectivity index (χ2n) is 5.48. The Hall–Kier alpha value is -3.13. The van der Waals surface area contributed by atoms with Gasteiger partial charge in [-0.25, -0.2) is 28.4 Å². The Labute approximate surface area is 151 Å². The molecule has 26 heavy (non-hydrogen) atoms. The van der Waals surface area contributed by atoms with Crippen molar-refractivity contribution >= 4 is 34.1 Å². The Morgan fingerprint density at radius 1 is 1.12 bits per heavy atom. The van der Waals surface area contributed by atoms with Gasteiger partial charge in [0, 0.05) is 12.4 Å². The number of hydrogen-bond donors (Lipinski definition) is 1. The number of aryl methyl sites for hydroxylation is 1. The van der Waals surface area contributed by atoms with E-state index >= 15 is 0 Å². The van der Waals surface area contributed by atoms with Crippen LogP contribution in [0.2, 0.25) is 5.02 Å². The Morgan fingerprint density at radius 3 is 2.73 bits per heavy atom. The molecule has 1 aromatic carbocycles. The van der Waals surface area contributed by atoms with Crippen molar-refractivity contribution in [2.45, 2.75) is 6.92 Å². The average Bonchev–Trinajstić information content (AvgIpc) is 3.03. The highest BCUT2D eigenvalue weighted by Gasteiger charge is 2.17. The zero-order valence-corrected chi connectivity index (χ0v) is 14.2. The second kappa shape index (κ2) is 6.30. The number of fused-ring (bicyclic) bond motifs is 1. The van der Waals surface area contributed by atoms with E-state index in [1.807, 2.05) is 0 Å². The van der Waals surface area contributed by atoms with Crippen molar-refractivity contribution in [2.75, 3.05) is 5.32 Å². The van der Waals surface area contributed by atoms with E-state index in [1.54, 1.807) is 19.2 Å². The first kappa shape index (κ1) is 16.3. The molecule has 0 amide bonds. The van der Waals surface area contributed by atoms with Crippen LogP contribution in [-0.4, -0.2) is 24.7 Å². The summed E-state index contributed by atoms with van der Waals surface area (Å²) >= 11 is 6.08. The van der Waals surface area contributed by atoms with Gasteiger partial charge in [-0.05, 0) is 25.1 Å². The Kier molecular flexibility index (Phi) is 3.96. The van der Waals surface area contributed by atoms with Gasteiger partial charge in [-0.3, -0.25) is 0 Å². The summed E-state index contributed by atoms with van der Waals surface area (Å²) in [7, 11) is 0. The van der Waals surface area contributed by atoms with Gasteiger partial charge < -0.3 is 5.32 Å². The van der Waals surface area contributed by atoms with E-state index in [0.717, 1.165) is 6.20 Å². The molecule has 4 rings (SSSR count). The molecule has 0 fully saturated rings. The molecule has 0 spiro atoms. The summed E-state index contributed by atoms with van der Waals surface area (Å²) in [4.78, 5) is 12.3. The summed E-state index contributed by atoms with van der Waals surface area (Å²) in [5, 5.41) is 7.65. The molecule has 0 radical (unpaired) electrons. The van der Waals surface area contributed by atoms with Crippen LogP contribution in [0.15, 0.2) is 42.9 Å². The molecule has 0 bridgehead atoms. The van der Waals surface area contributed by atoms with Crippen molar-refractivity contribution in [3.8, 4) is 5.69 Å². The summed E-state index contributed by atoms with van der Waals surface area (Å²) < 4.78 is 29.5. The topological polar surface area (TPSA) is 68.5 Å². The molecule has 1 N–H and O–H groups in total. The zero-order valence-electron chi connectivity index (χ0n) is 13.4. The minimum absolute atomic E-state index is 0.0348. The van der Waals surface area contributed by atoms with Crippen molar-refractivity contribution < 1.29 is 8.78 Å². The van der Waals surface area contributed by atoms with Crippen molar-refractivity contribution in [1.29, 1.82) is 0 Å². The fourth-order valence-electron chi connectivity index (χ4n) is 2.54. The van der Waals surface area contributed by atoms with Crippen LogP contribution in [-0.2, 0) is 0 Å². The van der Waals surface area contributed by atoms with Gasteiger partial charge in [0.2, 0.25) is 0 Å². The minimum Gasteiger partial charge on any atom is -0.324 e. The molecule has 6 nitrogen and oxygen atoms in total. The number of anilines is 2. The van der Waals surface area contributed by atoms with Crippen LogP contribution in [0.25, 0.3) is 16.6 Å². The van der Waals surface area contributed by atoms with E-state index in [-0.39, 0.29) is 16.2 Å². The van der Waals surface area contributed by atoms with Gasteiger partial charge in [-0.2, -0.15) is 5.10 Å². The number of para-hydroxylation sites is 1. The van der Waals surface area contributed by atoms with Gasteiger partial charge in [0.05, 0.1) is 16.6 Å². The number of nitrogens with one attached hydrogen (secondary N) is 1. The Morgan fingerprint density at radius 2 is 1.96 bits per heavy atom. The van der Waals surface area contributed by atoms with E-state index in [1.165, 1.54) is 29.1 Å². The fourth-order valence-corrected chi connectivity index (χ4v) is 2.79. The lowest BCUT2D eigenvalue weighted by atomic mass is 10.3. The van der Waals surface area contributed by atoms with Gasteiger partial charge in [-0.1, -0.05) is 17.7 Å². The lowest BCUT2D eigenvalue weighted by Crippen LogP contribution is -1.99. The summed E-state index contributed by atoms with van der Waals surface area (Å²) in [6.07, 6.45) is 4.10. The number of nitrogens with zero attached hydrogens (tertiary/aromatic N) is 5. The van der Waals surface area contributed by atoms with Gasteiger partial charge in [-0.15, -0.1) is 0 Å². The first-order valence-corrected chi connectivity index (χ1v) is 7.95. The molecular weight excluding hydrogens is 362 g/mol. The molecule has 3 aromatic heterocycles. The maximum absolute atomic E-state index is 14.2. The normalized spacial score (nSPS) is 11.1. The molecule has 0 saturated heterocycles. The molecule has 0 aliphatic carbocycles. The smallest absolute Gasteiger partial charge is 0.169 e. The number of benzene rings is 1. The molecule has 4 aromatic rings. The molecule has 0 aliphatic rings. The molecule has 130 valence electrons. The molecule has 0 saturated carbocycles. The summed E-state index contributed by atoms with van der Waals surface area (Å²) in [5.41, 5.74) is 0.0706. The average molecular weight is 373 g/mol. The van der Waals surface area contributed by atoms with Crippen molar-refractivity contribution in [3.63, 3.8) is 0 Å². The standard InChI is InChI=1S/C17H11ClF2N6/c1-9-21-6-5-14(23-9)24-17-10-8-26(25-15(10)13(20)7-22-17)16-11(18)3-2-4-12(16)19/h2-8H,1H3,(H,21,22,23,24). The third-order valence-electron chi connectivity index (χ3n) is 3.69. The van der Waals surface area contributed by atoms with E-state index < -0.39 is 11.6 Å². The lowest BCUT2D eigenvalue weighted by Gasteiger charge is -2.06. The first-order valence-electron chi connectivity index (χ1n) is 7.58. The van der Waals surface area contributed by atoms with Crippen LogP contribution in [0.1, 0.15) is 5.82 Å². The summed E-state index contributed by atoms with van der Waals surface area (Å²) in [5.74, 6) is 0.199. The summed E-state index contributed by atoms with van der Waals surface area (Å²) in [6, 6.07) is 5.92. The summed E-state index contributed by atoms with van der Waals surface area (Å²) in [6.45, 7) is 1.75. The van der Waals surface area contributed by atoms with Gasteiger partial charge in [0.1, 0.15) is 34.5 Å². The fraction of sp³-hybridized carbons (Fsp3) is 0.0588. The lowest BCUT2D eigenvalue weighted by molar-refractivity contribution is 0.608. The molecule has 0 aliphatic heterocycles. The largest absolute Gasteiger partial charge is 0.324 e. The third-order valence-corrected chi connectivity index (χ3v) is 4.00. The van der Waals surface area contributed by atoms with E-state index in [9.17, 15) is 8.78 Å². The highest BCUT2D eigenvalue weighted by atomic mass is 35.5. The predicted molar refractivity (Wildman–Crippen MR) is 93.8 cm³/mol. The Balaban J connectivity index is 1.86. The molecule has 3 heterocycles. The third kappa shape index (κ3) is 2.84. The Bertz CT molecular complexity index is 1110. The highest BCUT2D eigenvalue weighted by Crippen LogP contribution is 2.29. The molecule has 0 unspecified atom stereocenters. The monoisotopic (exact) mass is 372 g/mol. The minimum atomic E-state index is -0.629. The molecule has 9 heteroatoms. The second-order valence-corrected chi connectivity index (χ2v) is 5.88. The van der Waals surface area contributed by atoms with Crippen LogP contribution in [0, 0.1) is 18.6 Å². The number of rotatable bonds is 3. The van der Waals surface area contributed by atoms with Crippen LogP contribution in [0.5, 0.6) is 0 Å². The van der Waals surface area contributed by atoms with Crippen molar-refractivity contribution in [1.82, 2.24) is 24.7 Å². The highest BCUT2D eigenvalue weighted by molar-refractivity contribution is 6.32. The maximum atomic E-state index is 14.2. The first-order chi connectivity index (χ1) is 12.5. The number of pyridine rings is 1. The number of hydrogen-bond acceptors (Lipinski definition) is 5.